The number of amides is 3. The van der Waals surface area contributed by atoms with Gasteiger partial charge in [-0.3, -0.25) is 14.4 Å². The van der Waals surface area contributed by atoms with Crippen LogP contribution in [0.4, 0.5) is 0 Å². The minimum absolute atomic E-state index is 0.0605. The molecule has 0 saturated carbocycles. The maximum Gasteiger partial charge on any atom is 0.243 e. The fraction of sp³-hybridized carbons (Fsp3) is 0.769. The molecule has 0 spiro atoms. The summed E-state index contributed by atoms with van der Waals surface area (Å²) in [5.74, 6) is -1.24. The smallest absolute Gasteiger partial charge is 0.243 e. The van der Waals surface area contributed by atoms with Crippen LogP contribution in [0.2, 0.25) is 0 Å². The van der Waals surface area contributed by atoms with Gasteiger partial charge in [0.05, 0.1) is 6.61 Å². The van der Waals surface area contributed by atoms with Crippen molar-refractivity contribution in [3.8, 4) is 0 Å². The molecule has 0 aromatic carbocycles. The fourth-order valence-electron chi connectivity index (χ4n) is 1.71. The van der Waals surface area contributed by atoms with E-state index in [1.807, 2.05) is 13.8 Å². The standard InChI is InChI=1S/C13H25N3O4/c1-4-9(15-11(18)5-6-17)13(20)16-10(12(14)19)7-8(2)3/h8-10,17H,4-7H2,1-3H3,(H2,14,19)(H,15,18)(H,16,20)/t9-,10+/m0/s1. The molecular weight excluding hydrogens is 262 g/mol. The SMILES string of the molecule is CC[C@H](NC(=O)CCO)C(=O)N[C@H](CC(C)C)C(N)=O. The zero-order chi connectivity index (χ0) is 15.7. The van der Waals surface area contributed by atoms with E-state index in [0.29, 0.717) is 12.8 Å². The third-order valence-corrected chi connectivity index (χ3v) is 2.77. The van der Waals surface area contributed by atoms with Crippen molar-refractivity contribution in [1.82, 2.24) is 10.6 Å². The number of carbonyl (C=O) groups excluding carboxylic acids is 3. The summed E-state index contributed by atoms with van der Waals surface area (Å²) in [5.41, 5.74) is 5.25. The number of primary amides is 1. The lowest BCUT2D eigenvalue weighted by Crippen LogP contribution is -2.53. The van der Waals surface area contributed by atoms with Gasteiger partial charge in [0, 0.05) is 6.42 Å². The van der Waals surface area contributed by atoms with Gasteiger partial charge < -0.3 is 21.5 Å². The Morgan fingerprint density at radius 2 is 1.75 bits per heavy atom. The van der Waals surface area contributed by atoms with Crippen molar-refractivity contribution in [3.63, 3.8) is 0 Å². The van der Waals surface area contributed by atoms with Gasteiger partial charge in [-0.05, 0) is 18.8 Å². The molecule has 0 aliphatic heterocycles. The largest absolute Gasteiger partial charge is 0.396 e. The second kappa shape index (κ2) is 9.30. The van der Waals surface area contributed by atoms with E-state index < -0.39 is 29.8 Å². The lowest BCUT2D eigenvalue weighted by Gasteiger charge is -2.22. The predicted octanol–water partition coefficient (Wildman–Crippen LogP) is -0.720. The third kappa shape index (κ3) is 7.08. The van der Waals surface area contributed by atoms with Crippen LogP contribution in [0.5, 0.6) is 0 Å². The number of nitrogens with one attached hydrogen (secondary N) is 2. The first kappa shape index (κ1) is 18.4. The maximum atomic E-state index is 12.0. The summed E-state index contributed by atoms with van der Waals surface area (Å²) in [6.07, 6.45) is 0.771. The Labute approximate surface area is 119 Å². The molecule has 0 aromatic rings. The second-order valence-electron chi connectivity index (χ2n) is 5.10. The number of nitrogens with two attached hydrogens (primary N) is 1. The molecule has 0 radical (unpaired) electrons. The summed E-state index contributed by atoms with van der Waals surface area (Å²) in [6, 6.07) is -1.48. The summed E-state index contributed by atoms with van der Waals surface area (Å²) in [6.45, 7) is 5.30. The van der Waals surface area contributed by atoms with Gasteiger partial charge in [-0.25, -0.2) is 0 Å². The zero-order valence-corrected chi connectivity index (χ0v) is 12.3. The molecule has 5 N–H and O–H groups in total. The Kier molecular flexibility index (Phi) is 8.54. The van der Waals surface area contributed by atoms with Crippen molar-refractivity contribution < 1.29 is 19.5 Å². The fourth-order valence-corrected chi connectivity index (χ4v) is 1.71. The van der Waals surface area contributed by atoms with E-state index in [1.54, 1.807) is 6.92 Å². The van der Waals surface area contributed by atoms with E-state index in [4.69, 9.17) is 10.8 Å². The monoisotopic (exact) mass is 287 g/mol. The van der Waals surface area contributed by atoms with Gasteiger partial charge in [-0.2, -0.15) is 0 Å². The van der Waals surface area contributed by atoms with Crippen LogP contribution in [0.25, 0.3) is 0 Å². The lowest BCUT2D eigenvalue weighted by molar-refractivity contribution is -0.131. The highest BCUT2D eigenvalue weighted by Crippen LogP contribution is 2.05. The van der Waals surface area contributed by atoms with Crippen molar-refractivity contribution >= 4 is 17.7 Å². The Morgan fingerprint density at radius 1 is 1.15 bits per heavy atom. The summed E-state index contributed by atoms with van der Waals surface area (Å²) in [7, 11) is 0. The van der Waals surface area contributed by atoms with Gasteiger partial charge in [0.1, 0.15) is 12.1 Å². The molecule has 7 heteroatoms. The zero-order valence-electron chi connectivity index (χ0n) is 12.3. The normalized spacial score (nSPS) is 13.7. The average molecular weight is 287 g/mol. The molecule has 0 rings (SSSR count). The Bertz CT molecular complexity index is 345. The number of aliphatic hydroxyl groups excluding tert-OH is 1. The van der Waals surface area contributed by atoms with Gasteiger partial charge >= 0.3 is 0 Å². The van der Waals surface area contributed by atoms with Crippen LogP contribution in [0.1, 0.15) is 40.0 Å². The molecule has 0 aliphatic rings. The number of hydrogen-bond acceptors (Lipinski definition) is 4. The number of rotatable bonds is 9. The molecule has 0 aromatic heterocycles. The van der Waals surface area contributed by atoms with Gasteiger partial charge in [-0.15, -0.1) is 0 Å². The molecule has 2 atom stereocenters. The van der Waals surface area contributed by atoms with E-state index in [9.17, 15) is 14.4 Å². The first-order valence-electron chi connectivity index (χ1n) is 6.81. The molecule has 0 bridgehead atoms. The van der Waals surface area contributed by atoms with Crippen LogP contribution in [-0.2, 0) is 14.4 Å². The van der Waals surface area contributed by atoms with E-state index in [1.165, 1.54) is 0 Å². The summed E-state index contributed by atoms with van der Waals surface area (Å²) >= 11 is 0. The first-order valence-corrected chi connectivity index (χ1v) is 6.81. The van der Waals surface area contributed by atoms with Crippen LogP contribution >= 0.6 is 0 Å². The molecular formula is C13H25N3O4. The van der Waals surface area contributed by atoms with Gasteiger partial charge in [-0.1, -0.05) is 20.8 Å². The first-order chi connectivity index (χ1) is 9.31. The van der Waals surface area contributed by atoms with E-state index in [0.717, 1.165) is 0 Å². The molecule has 20 heavy (non-hydrogen) atoms. The van der Waals surface area contributed by atoms with Crippen molar-refractivity contribution in [2.45, 2.75) is 52.1 Å². The van der Waals surface area contributed by atoms with Crippen molar-refractivity contribution in [1.29, 1.82) is 0 Å². The number of hydrogen-bond donors (Lipinski definition) is 4. The Morgan fingerprint density at radius 3 is 2.15 bits per heavy atom. The van der Waals surface area contributed by atoms with Gasteiger partial charge in [0.25, 0.3) is 0 Å². The Balaban J connectivity index is 4.58. The molecule has 7 nitrogen and oxygen atoms in total. The predicted molar refractivity (Wildman–Crippen MR) is 74.5 cm³/mol. The highest BCUT2D eigenvalue weighted by Gasteiger charge is 2.24. The summed E-state index contributed by atoms with van der Waals surface area (Å²) in [5, 5.41) is 13.7. The van der Waals surface area contributed by atoms with E-state index in [-0.39, 0.29) is 18.9 Å². The maximum absolute atomic E-state index is 12.0. The van der Waals surface area contributed by atoms with Gasteiger partial charge in [0.2, 0.25) is 17.7 Å². The van der Waals surface area contributed by atoms with Crippen LogP contribution in [0, 0.1) is 5.92 Å². The van der Waals surface area contributed by atoms with Crippen LogP contribution in [-0.4, -0.2) is 41.5 Å². The molecule has 0 unspecified atom stereocenters. The minimum atomic E-state index is -0.744. The van der Waals surface area contributed by atoms with Crippen LogP contribution in [0.15, 0.2) is 0 Å². The molecule has 3 amide bonds. The lowest BCUT2D eigenvalue weighted by atomic mass is 10.0. The molecule has 116 valence electrons. The quantitative estimate of drug-likeness (QED) is 0.447. The molecule has 0 saturated heterocycles. The van der Waals surface area contributed by atoms with Crippen LogP contribution in [0.3, 0.4) is 0 Å². The molecule has 0 aliphatic carbocycles. The highest BCUT2D eigenvalue weighted by molar-refractivity contribution is 5.91. The highest BCUT2D eigenvalue weighted by atomic mass is 16.3. The topological polar surface area (TPSA) is 122 Å². The summed E-state index contributed by atoms with van der Waals surface area (Å²) in [4.78, 5) is 34.7. The Hall–Kier alpha value is -1.63. The van der Waals surface area contributed by atoms with Gasteiger partial charge in [0.15, 0.2) is 0 Å². The van der Waals surface area contributed by atoms with Crippen molar-refractivity contribution in [2.75, 3.05) is 6.61 Å². The van der Waals surface area contributed by atoms with Crippen LogP contribution < -0.4 is 16.4 Å². The molecule has 0 heterocycles. The number of aliphatic hydroxyl groups is 1. The van der Waals surface area contributed by atoms with E-state index >= 15 is 0 Å². The number of carbonyl (C=O) groups is 3. The third-order valence-electron chi connectivity index (χ3n) is 2.77. The van der Waals surface area contributed by atoms with Crippen molar-refractivity contribution in [2.24, 2.45) is 11.7 Å². The summed E-state index contributed by atoms with van der Waals surface area (Å²) < 4.78 is 0. The average Bonchev–Trinajstić information content (AvgIpc) is 2.34. The molecule has 0 fully saturated rings. The van der Waals surface area contributed by atoms with Crippen molar-refractivity contribution in [3.05, 3.63) is 0 Å². The van der Waals surface area contributed by atoms with E-state index in [2.05, 4.69) is 10.6 Å². The second-order valence-corrected chi connectivity index (χ2v) is 5.10. The minimum Gasteiger partial charge on any atom is -0.396 e.